The lowest BCUT2D eigenvalue weighted by molar-refractivity contribution is -0.0526. The van der Waals surface area contributed by atoms with Crippen LogP contribution < -0.4 is 5.32 Å². The Hall–Kier alpha value is -1.65. The fourth-order valence-corrected chi connectivity index (χ4v) is 2.91. The van der Waals surface area contributed by atoms with Crippen LogP contribution in [0.3, 0.4) is 0 Å². The molecule has 1 fully saturated rings. The fraction of sp³-hybridized carbons (Fsp3) is 0.471. The molecule has 0 bridgehead atoms. The smallest absolute Gasteiger partial charge is 0.130 e. The second-order valence-corrected chi connectivity index (χ2v) is 5.86. The number of fused-ring (bicyclic) bond motifs is 1. The highest BCUT2D eigenvalue weighted by Gasteiger charge is 2.24. The van der Waals surface area contributed by atoms with E-state index >= 15 is 0 Å². The number of para-hydroxylation sites is 1. The molecule has 0 spiro atoms. The highest BCUT2D eigenvalue weighted by Crippen LogP contribution is 2.23. The number of nitrogens with zero attached hydrogens (tertiary/aromatic N) is 2. The van der Waals surface area contributed by atoms with Crippen molar-refractivity contribution >= 4 is 16.7 Å². The number of benzene rings is 1. The van der Waals surface area contributed by atoms with Crippen LogP contribution in [0.1, 0.15) is 19.4 Å². The van der Waals surface area contributed by atoms with Crippen LogP contribution in [0.15, 0.2) is 30.3 Å². The molecule has 2 unspecified atom stereocenters. The normalized spacial score (nSPS) is 23.4. The quantitative estimate of drug-likeness (QED) is 0.941. The summed E-state index contributed by atoms with van der Waals surface area (Å²) in [5.74, 6) is 0.972. The number of ether oxygens (including phenoxy) is 1. The third-order valence-electron chi connectivity index (χ3n) is 4.15. The second-order valence-electron chi connectivity index (χ2n) is 5.86. The van der Waals surface area contributed by atoms with Gasteiger partial charge in [0.2, 0.25) is 0 Å². The Morgan fingerprint density at radius 2 is 2.14 bits per heavy atom. The zero-order chi connectivity index (χ0) is 14.8. The number of hydrogen-bond acceptors (Lipinski definition) is 4. The van der Waals surface area contributed by atoms with Gasteiger partial charge < -0.3 is 10.1 Å². The van der Waals surface area contributed by atoms with Crippen LogP contribution in [0.25, 0.3) is 10.9 Å². The van der Waals surface area contributed by atoms with Crippen molar-refractivity contribution in [2.45, 2.75) is 32.5 Å². The molecular weight excluding hydrogens is 262 g/mol. The summed E-state index contributed by atoms with van der Waals surface area (Å²) in [7, 11) is 1.94. The third kappa shape index (κ3) is 3.01. The van der Waals surface area contributed by atoms with Crippen molar-refractivity contribution in [3.05, 3.63) is 35.9 Å². The summed E-state index contributed by atoms with van der Waals surface area (Å²) in [6.07, 6.45) is 0.299. The number of nitrogens with one attached hydrogen (secondary N) is 1. The molecule has 4 nitrogen and oxygen atoms in total. The molecule has 1 aliphatic heterocycles. The Morgan fingerprint density at radius 1 is 1.33 bits per heavy atom. The van der Waals surface area contributed by atoms with Crippen molar-refractivity contribution in [1.29, 1.82) is 0 Å². The molecule has 2 aromatic rings. The molecule has 0 aliphatic carbocycles. The summed E-state index contributed by atoms with van der Waals surface area (Å²) >= 11 is 0. The minimum absolute atomic E-state index is 0.299. The van der Waals surface area contributed by atoms with Crippen molar-refractivity contribution in [3.8, 4) is 0 Å². The maximum absolute atomic E-state index is 5.71. The van der Waals surface area contributed by atoms with E-state index in [2.05, 4.69) is 48.3 Å². The molecular formula is C17H23N3O. The minimum Gasteiger partial charge on any atom is -0.376 e. The second kappa shape index (κ2) is 6.00. The van der Waals surface area contributed by atoms with E-state index in [-0.39, 0.29) is 0 Å². The van der Waals surface area contributed by atoms with Gasteiger partial charge in [0, 0.05) is 37.1 Å². The van der Waals surface area contributed by atoms with Gasteiger partial charge in [0.25, 0.3) is 0 Å². The van der Waals surface area contributed by atoms with Gasteiger partial charge in [-0.25, -0.2) is 4.98 Å². The van der Waals surface area contributed by atoms with E-state index in [0.29, 0.717) is 12.1 Å². The third-order valence-corrected chi connectivity index (χ3v) is 4.15. The lowest BCUT2D eigenvalue weighted by Gasteiger charge is -2.37. The van der Waals surface area contributed by atoms with E-state index in [4.69, 9.17) is 9.72 Å². The average Bonchev–Trinajstić information content (AvgIpc) is 2.50. The summed E-state index contributed by atoms with van der Waals surface area (Å²) in [5, 5.41) is 4.43. The zero-order valence-electron chi connectivity index (χ0n) is 13.0. The molecule has 21 heavy (non-hydrogen) atoms. The van der Waals surface area contributed by atoms with Gasteiger partial charge >= 0.3 is 0 Å². The zero-order valence-corrected chi connectivity index (χ0v) is 13.0. The van der Waals surface area contributed by atoms with Crippen LogP contribution in [-0.2, 0) is 11.3 Å². The molecule has 0 saturated carbocycles. The van der Waals surface area contributed by atoms with Crippen LogP contribution in [0, 0.1) is 0 Å². The van der Waals surface area contributed by atoms with Gasteiger partial charge in [-0.05, 0) is 26.0 Å². The van der Waals surface area contributed by atoms with Crippen molar-refractivity contribution in [2.24, 2.45) is 0 Å². The Bertz CT molecular complexity index is 628. The summed E-state index contributed by atoms with van der Waals surface area (Å²) in [4.78, 5) is 7.21. The molecule has 2 atom stereocenters. The number of hydrogen-bond donors (Lipinski definition) is 1. The maximum Gasteiger partial charge on any atom is 0.130 e. The Balaban J connectivity index is 1.91. The first-order valence-corrected chi connectivity index (χ1v) is 7.59. The number of aromatic nitrogens is 1. The lowest BCUT2D eigenvalue weighted by Crippen LogP contribution is -2.46. The molecule has 2 heterocycles. The highest BCUT2D eigenvalue weighted by atomic mass is 16.5. The van der Waals surface area contributed by atoms with Crippen LogP contribution in [0.4, 0.5) is 5.82 Å². The van der Waals surface area contributed by atoms with Gasteiger partial charge in [-0.15, -0.1) is 0 Å². The van der Waals surface area contributed by atoms with Gasteiger partial charge in [-0.3, -0.25) is 4.90 Å². The molecule has 1 N–H and O–H groups in total. The molecule has 4 heteroatoms. The monoisotopic (exact) mass is 285 g/mol. The minimum atomic E-state index is 0.299. The first-order valence-electron chi connectivity index (χ1n) is 7.59. The molecule has 112 valence electrons. The van der Waals surface area contributed by atoms with Crippen LogP contribution >= 0.6 is 0 Å². The summed E-state index contributed by atoms with van der Waals surface area (Å²) in [5.41, 5.74) is 2.28. The topological polar surface area (TPSA) is 37.4 Å². The molecule has 1 aromatic heterocycles. The molecule has 3 rings (SSSR count). The Labute approximate surface area is 126 Å². The predicted octanol–water partition coefficient (Wildman–Crippen LogP) is 2.89. The highest BCUT2D eigenvalue weighted by molar-refractivity contribution is 5.81. The molecule has 0 amide bonds. The van der Waals surface area contributed by atoms with E-state index in [1.807, 2.05) is 13.1 Å². The Morgan fingerprint density at radius 3 is 2.95 bits per heavy atom. The van der Waals surface area contributed by atoms with Crippen molar-refractivity contribution in [2.75, 3.05) is 25.5 Å². The summed E-state index contributed by atoms with van der Waals surface area (Å²) < 4.78 is 5.71. The van der Waals surface area contributed by atoms with Gasteiger partial charge in [0.1, 0.15) is 5.82 Å². The average molecular weight is 285 g/mol. The summed E-state index contributed by atoms with van der Waals surface area (Å²) in [6, 6.07) is 11.0. The van der Waals surface area contributed by atoms with Crippen molar-refractivity contribution < 1.29 is 4.74 Å². The van der Waals surface area contributed by atoms with E-state index in [9.17, 15) is 0 Å². The molecule has 0 radical (unpaired) electrons. The van der Waals surface area contributed by atoms with Crippen LogP contribution in [-0.4, -0.2) is 42.2 Å². The standard InChI is InChI=1S/C17H23N3O/c1-12-11-21-13(2)9-20(12)10-15-8-14-6-4-5-7-16(14)19-17(15)18-3/h4-8,12-13H,9-11H2,1-3H3,(H,18,19). The maximum atomic E-state index is 5.71. The van der Waals surface area contributed by atoms with E-state index in [1.165, 1.54) is 10.9 Å². The predicted molar refractivity (Wildman–Crippen MR) is 86.6 cm³/mol. The SMILES string of the molecule is CNc1nc2ccccc2cc1CN1CC(C)OCC1C. The fourth-order valence-electron chi connectivity index (χ4n) is 2.91. The first-order chi connectivity index (χ1) is 10.2. The molecule has 1 aliphatic rings. The van der Waals surface area contributed by atoms with Crippen LogP contribution in [0.5, 0.6) is 0 Å². The number of rotatable bonds is 3. The summed E-state index contributed by atoms with van der Waals surface area (Å²) in [6.45, 7) is 7.03. The first kappa shape index (κ1) is 14.3. The largest absolute Gasteiger partial charge is 0.376 e. The molecule has 1 aromatic carbocycles. The van der Waals surface area contributed by atoms with Gasteiger partial charge in [0.15, 0.2) is 0 Å². The Kier molecular flexibility index (Phi) is 4.08. The van der Waals surface area contributed by atoms with Crippen molar-refractivity contribution in [3.63, 3.8) is 0 Å². The van der Waals surface area contributed by atoms with E-state index < -0.39 is 0 Å². The van der Waals surface area contributed by atoms with Gasteiger partial charge in [0.05, 0.1) is 18.2 Å². The van der Waals surface area contributed by atoms with Gasteiger partial charge in [-0.1, -0.05) is 18.2 Å². The van der Waals surface area contributed by atoms with E-state index in [1.54, 1.807) is 0 Å². The van der Waals surface area contributed by atoms with Crippen molar-refractivity contribution in [1.82, 2.24) is 9.88 Å². The van der Waals surface area contributed by atoms with E-state index in [0.717, 1.165) is 31.0 Å². The van der Waals surface area contributed by atoms with Crippen LogP contribution in [0.2, 0.25) is 0 Å². The number of anilines is 1. The molecule has 1 saturated heterocycles. The number of pyridine rings is 1. The van der Waals surface area contributed by atoms with Gasteiger partial charge in [-0.2, -0.15) is 0 Å². The number of morpholine rings is 1. The lowest BCUT2D eigenvalue weighted by atomic mass is 10.1.